The molecule has 1 aliphatic carbocycles. The second-order valence-electron chi connectivity index (χ2n) is 16.6. The van der Waals surface area contributed by atoms with Crippen LogP contribution in [0.25, 0.3) is 5.57 Å². The summed E-state index contributed by atoms with van der Waals surface area (Å²) >= 11 is 0. The summed E-state index contributed by atoms with van der Waals surface area (Å²) in [5, 5.41) is 3.17. The van der Waals surface area contributed by atoms with Gasteiger partial charge in [0.15, 0.2) is 0 Å². The lowest BCUT2D eigenvalue weighted by molar-refractivity contribution is -0.129. The SMILES string of the molecule is C=C/C(F)=C(\C=C/C)N/C(C)=C(C)/C(=C\C(=C)c1ccc(C(CCC)(CCC)C(=O)C(C)CC)c(C)c1)N=CCC.CC.CC.CC(C)C.CCC.CCCC1CC(C)C1. The van der Waals surface area contributed by atoms with Gasteiger partial charge in [0.1, 0.15) is 11.6 Å². The molecule has 1 aliphatic rings. The van der Waals surface area contributed by atoms with Crippen molar-refractivity contribution >= 4 is 17.6 Å². The highest BCUT2D eigenvalue weighted by Gasteiger charge is 2.41. The number of benzene rings is 1. The van der Waals surface area contributed by atoms with Gasteiger partial charge in [0.2, 0.25) is 0 Å². The molecule has 1 unspecified atom stereocenters. The molecule has 2 rings (SSSR count). The van der Waals surface area contributed by atoms with Crippen molar-refractivity contribution in [1.82, 2.24) is 5.32 Å². The summed E-state index contributed by atoms with van der Waals surface area (Å²) in [5.74, 6) is 2.95. The predicted octanol–water partition coefficient (Wildman–Crippen LogP) is 18.6. The van der Waals surface area contributed by atoms with E-state index in [0.29, 0.717) is 11.5 Å². The quantitative estimate of drug-likeness (QED) is 0.111. The van der Waals surface area contributed by atoms with Crippen molar-refractivity contribution in [2.45, 2.75) is 215 Å². The van der Waals surface area contributed by atoms with Gasteiger partial charge in [-0.05, 0) is 130 Å². The summed E-state index contributed by atoms with van der Waals surface area (Å²) in [6.07, 6.45) is 20.9. The third-order valence-corrected chi connectivity index (χ3v) is 9.93. The minimum absolute atomic E-state index is 0.0267. The molecular formula is C56H99FN2O. The highest BCUT2D eigenvalue weighted by molar-refractivity contribution is 5.92. The number of hydrogen-bond donors (Lipinski definition) is 1. The standard InChI is InChI=1S/C37H53FN2O.C8H16.C4H10.C3H8.2C2H6/c1-12-18-34(33(38)17-6)40-30(11)29(10)35(39-23-15-4)25-27(8)31-19-20-32(28(9)24-31)37(21-13-2,22-14-3)36(41)26(7)16-5;1-3-4-8-5-7(2)6-8;1-4(2)3;1-3-2;2*1-2/h12,17-20,23-26,40H,6,8,13-16,21-22H2,1-5,7,9-11H3;7-8H,3-6H2,1-2H3;4H,1-3H3;3H2,1-2H3;2*1-2H3/b18-12-,30-29+,34-33-,35-25+,39-23?;;;;;. The molecule has 1 fully saturated rings. The largest absolute Gasteiger partial charge is 0.356 e. The molecule has 0 heterocycles. The number of hydrogen-bond acceptors (Lipinski definition) is 3. The highest BCUT2D eigenvalue weighted by atomic mass is 19.1. The molecule has 0 aromatic heterocycles. The van der Waals surface area contributed by atoms with E-state index in [9.17, 15) is 9.18 Å². The average molecular weight is 835 g/mol. The Hall–Kier alpha value is -3.27. The number of halogens is 1. The van der Waals surface area contributed by atoms with E-state index in [1.165, 1.54) is 38.2 Å². The fourth-order valence-electron chi connectivity index (χ4n) is 7.02. The first-order valence-electron chi connectivity index (χ1n) is 24.1. The summed E-state index contributed by atoms with van der Waals surface area (Å²) in [6.45, 7) is 49.6. The normalized spacial score (nSPS) is 16.0. The zero-order chi connectivity index (χ0) is 47.4. The minimum atomic E-state index is -0.462. The molecule has 0 aliphatic heterocycles. The molecule has 346 valence electrons. The van der Waals surface area contributed by atoms with Gasteiger partial charge in [-0.15, -0.1) is 0 Å². The summed E-state index contributed by atoms with van der Waals surface area (Å²) in [4.78, 5) is 18.5. The number of nitrogens with one attached hydrogen (secondary N) is 1. The molecule has 0 saturated heterocycles. The van der Waals surface area contributed by atoms with Crippen LogP contribution in [0.15, 0.2) is 89.1 Å². The molecule has 60 heavy (non-hydrogen) atoms. The van der Waals surface area contributed by atoms with E-state index < -0.39 is 11.2 Å². The van der Waals surface area contributed by atoms with E-state index in [-0.39, 0.29) is 5.92 Å². The maximum atomic E-state index is 14.4. The molecule has 0 amide bonds. The van der Waals surface area contributed by atoms with Crippen LogP contribution in [0.2, 0.25) is 0 Å². The van der Waals surface area contributed by atoms with Crippen LogP contribution in [0.1, 0.15) is 219 Å². The molecule has 0 radical (unpaired) electrons. The maximum Gasteiger partial charge on any atom is 0.146 e. The molecule has 4 heteroatoms. The van der Waals surface area contributed by atoms with Gasteiger partial charge in [0.25, 0.3) is 0 Å². The first kappa shape index (κ1) is 63.4. The van der Waals surface area contributed by atoms with Crippen LogP contribution in [0.5, 0.6) is 0 Å². The van der Waals surface area contributed by atoms with Crippen LogP contribution in [0.4, 0.5) is 4.39 Å². The van der Waals surface area contributed by atoms with Gasteiger partial charge in [-0.1, -0.05) is 180 Å². The Morgan fingerprint density at radius 1 is 0.950 bits per heavy atom. The van der Waals surface area contributed by atoms with E-state index in [2.05, 4.69) is 120 Å². The molecule has 1 saturated carbocycles. The van der Waals surface area contributed by atoms with Gasteiger partial charge < -0.3 is 5.32 Å². The number of nitrogens with zero attached hydrogens (tertiary/aromatic N) is 1. The third kappa shape index (κ3) is 24.9. The number of rotatable bonds is 19. The van der Waals surface area contributed by atoms with Gasteiger partial charge in [-0.25, -0.2) is 4.39 Å². The van der Waals surface area contributed by atoms with Gasteiger partial charge in [0.05, 0.1) is 16.8 Å². The molecular weight excluding hydrogens is 736 g/mol. The van der Waals surface area contributed by atoms with E-state index in [1.807, 2.05) is 67.7 Å². The van der Waals surface area contributed by atoms with Gasteiger partial charge in [-0.3, -0.25) is 9.79 Å². The van der Waals surface area contributed by atoms with Crippen molar-refractivity contribution < 1.29 is 9.18 Å². The Kier molecular flexibility index (Phi) is 40.8. The van der Waals surface area contributed by atoms with Crippen molar-refractivity contribution in [3.05, 3.63) is 101 Å². The summed E-state index contributed by atoms with van der Waals surface area (Å²) in [7, 11) is 0. The number of ketones is 1. The number of Topliss-reactive ketones (excluding diaryl/α,β-unsaturated/α-hetero) is 1. The molecule has 0 bridgehead atoms. The van der Waals surface area contributed by atoms with Crippen LogP contribution in [0.3, 0.4) is 0 Å². The lowest BCUT2D eigenvalue weighted by Gasteiger charge is -2.36. The van der Waals surface area contributed by atoms with Gasteiger partial charge in [-0.2, -0.15) is 0 Å². The smallest absolute Gasteiger partial charge is 0.146 e. The first-order valence-corrected chi connectivity index (χ1v) is 24.1. The first-order chi connectivity index (χ1) is 28.4. The number of carbonyl (C=O) groups is 1. The van der Waals surface area contributed by atoms with Crippen molar-refractivity contribution in [3.8, 4) is 0 Å². The molecule has 0 spiro atoms. The van der Waals surface area contributed by atoms with Gasteiger partial charge >= 0.3 is 0 Å². The summed E-state index contributed by atoms with van der Waals surface area (Å²) in [5.41, 5.74) is 6.35. The van der Waals surface area contributed by atoms with Crippen LogP contribution < -0.4 is 5.32 Å². The number of aryl methyl sites for hydroxylation is 1. The fraction of sp³-hybridized carbons (Fsp3) is 0.643. The van der Waals surface area contributed by atoms with Gasteiger partial charge in [0, 0.05) is 17.8 Å². The fourth-order valence-corrected chi connectivity index (χ4v) is 7.02. The van der Waals surface area contributed by atoms with Crippen LogP contribution in [0, 0.1) is 30.6 Å². The van der Waals surface area contributed by atoms with Crippen molar-refractivity contribution in [2.75, 3.05) is 0 Å². The number of allylic oxidation sites excluding steroid dienone is 8. The lowest BCUT2D eigenvalue weighted by atomic mass is 9.65. The molecule has 3 nitrogen and oxygen atoms in total. The second-order valence-corrected chi connectivity index (χ2v) is 16.6. The van der Waals surface area contributed by atoms with Crippen LogP contribution in [-0.2, 0) is 10.2 Å². The molecule has 1 aromatic carbocycles. The number of carbonyl (C=O) groups excluding carboxylic acids is 1. The minimum Gasteiger partial charge on any atom is -0.356 e. The molecule has 1 aromatic rings. The predicted molar refractivity (Wildman–Crippen MR) is 274 cm³/mol. The zero-order valence-electron chi connectivity index (χ0n) is 43.4. The number of aliphatic imine (C=N–C) groups is 1. The van der Waals surface area contributed by atoms with Crippen molar-refractivity contribution in [3.63, 3.8) is 0 Å². The Labute approximate surface area is 374 Å². The summed E-state index contributed by atoms with van der Waals surface area (Å²) in [6, 6.07) is 6.38. The van der Waals surface area contributed by atoms with Crippen molar-refractivity contribution in [1.29, 1.82) is 0 Å². The Balaban J connectivity index is -0.000000682. The Morgan fingerprint density at radius 3 is 1.85 bits per heavy atom. The Morgan fingerprint density at radius 2 is 1.47 bits per heavy atom. The second kappa shape index (κ2) is 38.6. The molecule has 1 N–H and O–H groups in total. The van der Waals surface area contributed by atoms with E-state index in [0.717, 1.165) is 95.5 Å². The average Bonchev–Trinajstić information content (AvgIpc) is 3.22. The third-order valence-electron chi connectivity index (χ3n) is 9.93. The maximum absolute atomic E-state index is 14.4. The molecule has 1 atom stereocenters. The highest BCUT2D eigenvalue weighted by Crippen LogP contribution is 2.41. The lowest BCUT2D eigenvalue weighted by Crippen LogP contribution is -2.40. The van der Waals surface area contributed by atoms with E-state index >= 15 is 0 Å². The topological polar surface area (TPSA) is 41.5 Å². The van der Waals surface area contributed by atoms with Crippen molar-refractivity contribution in [2.24, 2.45) is 28.7 Å². The van der Waals surface area contributed by atoms with Crippen LogP contribution >= 0.6 is 0 Å². The van der Waals surface area contributed by atoms with E-state index in [1.54, 1.807) is 12.2 Å². The monoisotopic (exact) mass is 835 g/mol. The Bertz CT molecular complexity index is 1440. The zero-order valence-corrected chi connectivity index (χ0v) is 43.4. The van der Waals surface area contributed by atoms with Crippen LogP contribution in [-0.4, -0.2) is 12.0 Å². The van der Waals surface area contributed by atoms with E-state index in [4.69, 9.17) is 4.99 Å². The summed E-state index contributed by atoms with van der Waals surface area (Å²) < 4.78 is 14.4.